The third-order valence-electron chi connectivity index (χ3n) is 4.94. The van der Waals surface area contributed by atoms with Gasteiger partial charge in [0.2, 0.25) is 0 Å². The fourth-order valence-electron chi connectivity index (χ4n) is 3.78. The van der Waals surface area contributed by atoms with E-state index >= 15 is 0 Å². The van der Waals surface area contributed by atoms with Gasteiger partial charge in [0.05, 0.1) is 6.10 Å². The number of nitrogens with one attached hydrogen (secondary N) is 2. The highest BCUT2D eigenvalue weighted by molar-refractivity contribution is 14.0. The summed E-state index contributed by atoms with van der Waals surface area (Å²) in [6.45, 7) is 7.27. The van der Waals surface area contributed by atoms with Crippen LogP contribution in [-0.4, -0.2) is 42.9 Å². The van der Waals surface area contributed by atoms with E-state index in [1.54, 1.807) is 0 Å². The Morgan fingerprint density at radius 3 is 2.77 bits per heavy atom. The third kappa shape index (κ3) is 3.27. The predicted molar refractivity (Wildman–Crippen MR) is 99.8 cm³/mol. The van der Waals surface area contributed by atoms with Gasteiger partial charge in [-0.2, -0.15) is 0 Å². The molecule has 5 nitrogen and oxygen atoms in total. The molecular weight excluding hydrogens is 391 g/mol. The first-order chi connectivity index (χ1) is 10.1. The van der Waals surface area contributed by atoms with Gasteiger partial charge in [0.15, 0.2) is 5.96 Å². The topological polar surface area (TPSA) is 50.6 Å². The van der Waals surface area contributed by atoms with Crippen molar-refractivity contribution in [2.75, 3.05) is 20.2 Å². The average molecular weight is 418 g/mol. The molecule has 3 atom stereocenters. The van der Waals surface area contributed by atoms with Crippen molar-refractivity contribution in [2.24, 2.45) is 16.3 Å². The Labute approximate surface area is 149 Å². The summed E-state index contributed by atoms with van der Waals surface area (Å²) in [6.07, 6.45) is 5.72. The lowest BCUT2D eigenvalue weighted by Crippen LogP contribution is -2.68. The Hall–Kier alpha value is -0.760. The van der Waals surface area contributed by atoms with Crippen molar-refractivity contribution in [3.05, 3.63) is 24.5 Å². The van der Waals surface area contributed by atoms with Gasteiger partial charge >= 0.3 is 0 Å². The first-order valence-corrected chi connectivity index (χ1v) is 7.82. The van der Waals surface area contributed by atoms with E-state index in [9.17, 15) is 0 Å². The number of guanidine groups is 1. The normalized spacial score (nSPS) is 29.2. The fraction of sp³-hybridized carbons (Fsp3) is 0.688. The molecule has 22 heavy (non-hydrogen) atoms. The number of aliphatic imine (C=N–C) groups is 1. The van der Waals surface area contributed by atoms with Crippen molar-refractivity contribution in [2.45, 2.75) is 39.0 Å². The molecule has 0 aromatic carbocycles. The smallest absolute Gasteiger partial charge is 0.191 e. The molecule has 1 saturated carbocycles. The van der Waals surface area contributed by atoms with Gasteiger partial charge in [-0.05, 0) is 18.6 Å². The molecule has 0 radical (unpaired) electrons. The standard InChI is InChI=1S/C16H26N4O.HI/c1-16(2)13(12-6-11-21-14(12)16)19-15(17-3)18-7-10-20-8-4-5-9-20;/h4-5,8-9,12-14H,6-7,10-11H2,1-3H3,(H2,17,18,19);1H. The van der Waals surface area contributed by atoms with E-state index in [2.05, 4.69) is 46.4 Å². The molecule has 0 bridgehead atoms. The van der Waals surface area contributed by atoms with Gasteiger partial charge < -0.3 is 19.9 Å². The number of aromatic nitrogens is 1. The van der Waals surface area contributed by atoms with Crippen molar-refractivity contribution in [1.82, 2.24) is 15.2 Å². The Morgan fingerprint density at radius 2 is 2.09 bits per heavy atom. The second-order valence-corrected chi connectivity index (χ2v) is 6.61. The largest absolute Gasteiger partial charge is 0.377 e. The predicted octanol–water partition coefficient (Wildman–Crippen LogP) is 2.08. The monoisotopic (exact) mass is 418 g/mol. The van der Waals surface area contributed by atoms with Crippen LogP contribution in [0.5, 0.6) is 0 Å². The van der Waals surface area contributed by atoms with Crippen LogP contribution >= 0.6 is 24.0 Å². The van der Waals surface area contributed by atoms with Gasteiger partial charge in [0.1, 0.15) is 0 Å². The quantitative estimate of drug-likeness (QED) is 0.447. The Bertz CT molecular complexity index is 500. The highest BCUT2D eigenvalue weighted by atomic mass is 127. The molecule has 124 valence electrons. The summed E-state index contributed by atoms with van der Waals surface area (Å²) in [4.78, 5) is 4.35. The molecule has 2 N–H and O–H groups in total. The minimum atomic E-state index is 0. The molecule has 2 aliphatic rings. The maximum absolute atomic E-state index is 5.84. The molecule has 0 amide bonds. The Morgan fingerprint density at radius 1 is 1.36 bits per heavy atom. The van der Waals surface area contributed by atoms with Crippen LogP contribution in [0.1, 0.15) is 20.3 Å². The number of hydrogen-bond donors (Lipinski definition) is 2. The van der Waals surface area contributed by atoms with Gasteiger partial charge in [-0.15, -0.1) is 24.0 Å². The maximum atomic E-state index is 5.84. The first kappa shape index (κ1) is 17.6. The molecule has 1 aromatic heterocycles. The highest BCUT2D eigenvalue weighted by Crippen LogP contribution is 2.51. The van der Waals surface area contributed by atoms with E-state index in [4.69, 9.17) is 4.74 Å². The van der Waals surface area contributed by atoms with E-state index in [0.29, 0.717) is 18.1 Å². The van der Waals surface area contributed by atoms with E-state index in [-0.39, 0.29) is 29.4 Å². The lowest BCUT2D eigenvalue weighted by molar-refractivity contribution is -0.106. The molecule has 1 saturated heterocycles. The second kappa shape index (κ2) is 7.21. The Kier molecular flexibility index (Phi) is 5.76. The fourth-order valence-corrected chi connectivity index (χ4v) is 3.78. The molecule has 1 aromatic rings. The van der Waals surface area contributed by atoms with Gasteiger partial charge in [-0.25, -0.2) is 0 Å². The Balaban J connectivity index is 0.00000176. The molecule has 2 fully saturated rings. The van der Waals surface area contributed by atoms with Crippen LogP contribution < -0.4 is 10.6 Å². The van der Waals surface area contributed by atoms with E-state index in [1.165, 1.54) is 0 Å². The number of nitrogens with zero attached hydrogens (tertiary/aromatic N) is 2. The van der Waals surface area contributed by atoms with Crippen molar-refractivity contribution in [3.63, 3.8) is 0 Å². The summed E-state index contributed by atoms with van der Waals surface area (Å²) in [7, 11) is 1.83. The van der Waals surface area contributed by atoms with Crippen LogP contribution in [0.2, 0.25) is 0 Å². The first-order valence-electron chi connectivity index (χ1n) is 7.82. The highest BCUT2D eigenvalue weighted by Gasteiger charge is 2.59. The minimum Gasteiger partial charge on any atom is -0.377 e. The summed E-state index contributed by atoms with van der Waals surface area (Å²) < 4.78 is 8.00. The number of hydrogen-bond acceptors (Lipinski definition) is 2. The summed E-state index contributed by atoms with van der Waals surface area (Å²) in [5, 5.41) is 7.00. The van der Waals surface area contributed by atoms with Crippen LogP contribution in [0.3, 0.4) is 0 Å². The lowest BCUT2D eigenvalue weighted by atomic mass is 9.57. The van der Waals surface area contributed by atoms with Crippen molar-refractivity contribution in [1.29, 1.82) is 0 Å². The molecular formula is C16H27IN4O. The third-order valence-corrected chi connectivity index (χ3v) is 4.94. The molecule has 3 rings (SSSR count). The van der Waals surface area contributed by atoms with Crippen molar-refractivity contribution in [3.8, 4) is 0 Å². The van der Waals surface area contributed by atoms with Crippen LogP contribution in [0.4, 0.5) is 0 Å². The van der Waals surface area contributed by atoms with Crippen LogP contribution in [0.15, 0.2) is 29.5 Å². The maximum Gasteiger partial charge on any atom is 0.191 e. The van der Waals surface area contributed by atoms with E-state index in [0.717, 1.165) is 32.1 Å². The summed E-state index contributed by atoms with van der Waals surface area (Å²) in [5.74, 6) is 1.52. The molecule has 1 aliphatic carbocycles. The lowest BCUT2D eigenvalue weighted by Gasteiger charge is -2.54. The number of rotatable bonds is 4. The number of fused-ring (bicyclic) bond motifs is 1. The molecule has 1 aliphatic heterocycles. The summed E-state index contributed by atoms with van der Waals surface area (Å²) >= 11 is 0. The van der Waals surface area contributed by atoms with E-state index in [1.807, 2.05) is 19.2 Å². The van der Waals surface area contributed by atoms with Crippen LogP contribution in [0, 0.1) is 11.3 Å². The zero-order chi connectivity index (χ0) is 14.9. The molecule has 3 unspecified atom stereocenters. The molecule has 0 spiro atoms. The number of ether oxygens (including phenoxy) is 1. The number of halogens is 1. The average Bonchev–Trinajstić information content (AvgIpc) is 3.12. The van der Waals surface area contributed by atoms with Gasteiger partial charge in [0, 0.05) is 56.5 Å². The zero-order valence-corrected chi connectivity index (χ0v) is 15.9. The molecule has 6 heteroatoms. The van der Waals surface area contributed by atoms with Crippen molar-refractivity contribution >= 4 is 29.9 Å². The van der Waals surface area contributed by atoms with Crippen molar-refractivity contribution < 1.29 is 4.74 Å². The summed E-state index contributed by atoms with van der Waals surface area (Å²) in [5.41, 5.74) is 0.180. The van der Waals surface area contributed by atoms with Crippen LogP contribution in [-0.2, 0) is 11.3 Å². The second-order valence-electron chi connectivity index (χ2n) is 6.61. The summed E-state index contributed by atoms with van der Waals surface area (Å²) in [6, 6.07) is 4.54. The van der Waals surface area contributed by atoms with Crippen LogP contribution in [0.25, 0.3) is 0 Å². The van der Waals surface area contributed by atoms with Gasteiger partial charge in [0.25, 0.3) is 0 Å². The van der Waals surface area contributed by atoms with E-state index < -0.39 is 0 Å². The van der Waals surface area contributed by atoms with Gasteiger partial charge in [-0.1, -0.05) is 13.8 Å². The van der Waals surface area contributed by atoms with Gasteiger partial charge in [-0.3, -0.25) is 4.99 Å². The molecule has 2 heterocycles. The SMILES string of the molecule is CN=C(NCCn1cccc1)NC1C2CCOC2C1(C)C.I. The minimum absolute atomic E-state index is 0. The zero-order valence-electron chi connectivity index (χ0n) is 13.6.